The van der Waals surface area contributed by atoms with Crippen LogP contribution in [-0.2, 0) is 18.4 Å². The van der Waals surface area contributed by atoms with Gasteiger partial charge in [0.15, 0.2) is 8.32 Å². The molecule has 6 heteroatoms. The molecule has 0 saturated heterocycles. The van der Waals surface area contributed by atoms with Gasteiger partial charge in [0, 0.05) is 0 Å². The Kier molecular flexibility index (Phi) is 9.88. The predicted molar refractivity (Wildman–Crippen MR) is 151 cm³/mol. The molecule has 192 valence electrons. The van der Waals surface area contributed by atoms with E-state index in [9.17, 15) is 4.79 Å². The van der Waals surface area contributed by atoms with Gasteiger partial charge in [0.1, 0.15) is 6.61 Å². The average molecular weight is 513 g/mol. The maximum absolute atomic E-state index is 12.8. The van der Waals surface area contributed by atoms with Crippen LogP contribution in [-0.4, -0.2) is 41.9 Å². The molecule has 35 heavy (non-hydrogen) atoms. The minimum absolute atomic E-state index is 0.0539. The molecule has 0 saturated carbocycles. The van der Waals surface area contributed by atoms with Gasteiger partial charge in [0.25, 0.3) is 8.32 Å². The number of benzene rings is 2. The molecule has 0 bridgehead atoms. The third-order valence-electron chi connectivity index (χ3n) is 6.95. The number of esters is 1. The first-order valence-electron chi connectivity index (χ1n) is 12.4. The van der Waals surface area contributed by atoms with Crippen molar-refractivity contribution in [1.29, 1.82) is 0 Å². The zero-order chi connectivity index (χ0) is 26.3. The maximum Gasteiger partial charge on any atom is 0.308 e. The third-order valence-corrected chi connectivity index (χ3v) is 16.5. The second-order valence-electron chi connectivity index (χ2n) is 11.7. The first kappa shape index (κ1) is 29.2. The van der Waals surface area contributed by atoms with Crippen molar-refractivity contribution in [3.05, 3.63) is 73.3 Å². The summed E-state index contributed by atoms with van der Waals surface area (Å²) in [4.78, 5) is 12.8. The Hall–Kier alpha value is -2.00. The molecule has 0 aliphatic carbocycles. The van der Waals surface area contributed by atoms with Crippen LogP contribution in [0.2, 0.25) is 23.2 Å². The average Bonchev–Trinajstić information content (AvgIpc) is 2.79. The van der Waals surface area contributed by atoms with E-state index in [2.05, 4.69) is 110 Å². The highest BCUT2D eigenvalue weighted by atomic mass is 28.4. The van der Waals surface area contributed by atoms with E-state index in [0.717, 1.165) is 0 Å². The number of ether oxygens (including phenoxy) is 1. The second kappa shape index (κ2) is 11.8. The number of carbonyl (C=O) groups is 1. The Morgan fingerprint density at radius 3 is 1.77 bits per heavy atom. The lowest BCUT2D eigenvalue weighted by atomic mass is 10.2. The van der Waals surface area contributed by atoms with Gasteiger partial charge in [-0.3, -0.25) is 4.79 Å². The highest BCUT2D eigenvalue weighted by molar-refractivity contribution is 6.99. The number of hydrogen-bond donors (Lipinski definition) is 0. The summed E-state index contributed by atoms with van der Waals surface area (Å²) in [5.74, 6) is -0.299. The van der Waals surface area contributed by atoms with Crippen LogP contribution in [0, 0.1) is 0 Å². The van der Waals surface area contributed by atoms with E-state index in [1.54, 1.807) is 6.08 Å². The van der Waals surface area contributed by atoms with E-state index >= 15 is 0 Å². The van der Waals surface area contributed by atoms with E-state index in [0.29, 0.717) is 6.61 Å². The number of carbonyl (C=O) groups excluding carboxylic acids is 1. The molecule has 0 aliphatic heterocycles. The van der Waals surface area contributed by atoms with Crippen molar-refractivity contribution >= 4 is 33.0 Å². The summed E-state index contributed by atoms with van der Waals surface area (Å²) in [7, 11) is -4.90. The largest absolute Gasteiger partial charge is 0.461 e. The minimum atomic E-state index is -2.85. The molecule has 0 fully saturated rings. The molecule has 0 N–H and O–H groups in total. The van der Waals surface area contributed by atoms with Crippen LogP contribution < -0.4 is 10.4 Å². The molecule has 0 unspecified atom stereocenters. The molecule has 0 amide bonds. The van der Waals surface area contributed by atoms with Crippen molar-refractivity contribution in [2.75, 3.05) is 13.2 Å². The van der Waals surface area contributed by atoms with Crippen molar-refractivity contribution in [3.8, 4) is 0 Å². The molecule has 4 nitrogen and oxygen atoms in total. The molecule has 2 rings (SSSR count). The summed E-state index contributed by atoms with van der Waals surface area (Å²) in [5.41, 5.74) is 0. The molecule has 0 aromatic heterocycles. The molecular weight excluding hydrogens is 468 g/mol. The van der Waals surface area contributed by atoms with Crippen LogP contribution >= 0.6 is 0 Å². The molecule has 0 radical (unpaired) electrons. The molecular formula is C29H44O4Si2. The minimum Gasteiger partial charge on any atom is -0.461 e. The van der Waals surface area contributed by atoms with Gasteiger partial charge in [0.05, 0.1) is 19.1 Å². The Labute approximate surface area is 215 Å². The SMILES string of the molecule is C=CCOC(=O)C[C@@H](CO[Si](C)(C)C(C)(C)C)O[Si](c1ccccc1)(c1ccccc1)C(C)(C)C. The van der Waals surface area contributed by atoms with Crippen LogP contribution in [0.4, 0.5) is 0 Å². The van der Waals surface area contributed by atoms with Crippen LogP contribution in [0.15, 0.2) is 73.3 Å². The normalized spacial score (nSPS) is 13.8. The fourth-order valence-electron chi connectivity index (χ4n) is 3.99. The summed E-state index contributed by atoms with van der Waals surface area (Å²) < 4.78 is 19.2. The number of hydrogen-bond acceptors (Lipinski definition) is 4. The summed E-state index contributed by atoms with van der Waals surface area (Å²) in [5, 5.41) is 2.21. The summed E-state index contributed by atoms with van der Waals surface area (Å²) >= 11 is 0. The fourth-order valence-corrected chi connectivity index (χ4v) is 9.69. The highest BCUT2D eigenvalue weighted by Crippen LogP contribution is 2.39. The van der Waals surface area contributed by atoms with Gasteiger partial charge in [-0.05, 0) is 33.5 Å². The Morgan fingerprint density at radius 2 is 1.37 bits per heavy atom. The van der Waals surface area contributed by atoms with Gasteiger partial charge >= 0.3 is 5.97 Å². The summed E-state index contributed by atoms with van der Waals surface area (Å²) in [6.45, 7) is 22.0. The van der Waals surface area contributed by atoms with Crippen LogP contribution in [0.25, 0.3) is 0 Å². The third kappa shape index (κ3) is 7.26. The highest BCUT2D eigenvalue weighted by Gasteiger charge is 2.52. The van der Waals surface area contributed by atoms with Gasteiger partial charge in [-0.15, -0.1) is 0 Å². The van der Waals surface area contributed by atoms with Crippen molar-refractivity contribution < 1.29 is 18.4 Å². The maximum atomic E-state index is 12.8. The van der Waals surface area contributed by atoms with Crippen molar-refractivity contribution in [1.82, 2.24) is 0 Å². The smallest absolute Gasteiger partial charge is 0.308 e. The first-order chi connectivity index (χ1) is 16.2. The Bertz CT molecular complexity index is 905. The van der Waals surface area contributed by atoms with E-state index in [1.165, 1.54) is 10.4 Å². The van der Waals surface area contributed by atoms with Gasteiger partial charge in [-0.2, -0.15) is 0 Å². The molecule has 0 spiro atoms. The lowest BCUT2D eigenvalue weighted by Gasteiger charge is -2.45. The predicted octanol–water partition coefficient (Wildman–Crippen LogP) is 6.07. The Morgan fingerprint density at radius 1 is 0.886 bits per heavy atom. The molecule has 0 aliphatic rings. The van der Waals surface area contributed by atoms with E-state index in [-0.39, 0.29) is 29.1 Å². The van der Waals surface area contributed by atoms with Crippen molar-refractivity contribution in [2.24, 2.45) is 0 Å². The van der Waals surface area contributed by atoms with Crippen LogP contribution in [0.5, 0.6) is 0 Å². The number of rotatable bonds is 11. The quantitative estimate of drug-likeness (QED) is 0.208. The summed E-state index contributed by atoms with van der Waals surface area (Å²) in [6.07, 6.45) is 1.28. The lowest BCUT2D eigenvalue weighted by Crippen LogP contribution is -2.68. The Balaban J connectivity index is 2.57. The summed E-state index contributed by atoms with van der Waals surface area (Å²) in [6, 6.07) is 20.9. The standard InChI is InChI=1S/C29H44O4Si2/c1-10-21-31-27(30)22-24(23-32-34(8,9)28(2,3)4)33-35(29(5,6)7,25-17-13-11-14-18-25)26-19-15-12-16-20-26/h10-20,24H,1,21-23H2,2-9H3/t24-/m0/s1. The van der Waals surface area contributed by atoms with Crippen molar-refractivity contribution in [2.45, 2.75) is 77.2 Å². The van der Waals surface area contributed by atoms with Gasteiger partial charge in [-0.1, -0.05) is 115 Å². The molecule has 2 aromatic carbocycles. The van der Waals surface area contributed by atoms with Crippen LogP contribution in [0.1, 0.15) is 48.0 Å². The lowest BCUT2D eigenvalue weighted by molar-refractivity contribution is -0.144. The zero-order valence-corrected chi connectivity index (χ0v) is 24.9. The van der Waals surface area contributed by atoms with Gasteiger partial charge in [0.2, 0.25) is 0 Å². The van der Waals surface area contributed by atoms with Crippen molar-refractivity contribution in [3.63, 3.8) is 0 Å². The fraction of sp³-hybridized carbons (Fsp3) is 0.483. The van der Waals surface area contributed by atoms with E-state index in [4.69, 9.17) is 13.6 Å². The molecule has 0 heterocycles. The van der Waals surface area contributed by atoms with E-state index < -0.39 is 22.7 Å². The van der Waals surface area contributed by atoms with Crippen LogP contribution in [0.3, 0.4) is 0 Å². The topological polar surface area (TPSA) is 44.8 Å². The van der Waals surface area contributed by atoms with E-state index in [1.807, 2.05) is 12.1 Å². The second-order valence-corrected chi connectivity index (χ2v) is 20.7. The monoisotopic (exact) mass is 512 g/mol. The molecule has 1 atom stereocenters. The van der Waals surface area contributed by atoms with Gasteiger partial charge < -0.3 is 13.6 Å². The van der Waals surface area contributed by atoms with Gasteiger partial charge in [-0.25, -0.2) is 0 Å². The first-order valence-corrected chi connectivity index (χ1v) is 17.3. The zero-order valence-electron chi connectivity index (χ0n) is 22.9. The molecule has 2 aromatic rings.